The minimum Gasteiger partial charge on any atom is -0.299 e. The molecule has 1 aliphatic rings. The highest BCUT2D eigenvalue weighted by atomic mass is 16.1. The zero-order valence-electron chi connectivity index (χ0n) is 20.5. The molecule has 1 aliphatic heterocycles. The van der Waals surface area contributed by atoms with Crippen molar-refractivity contribution >= 4 is 16.7 Å². The molecule has 0 aliphatic carbocycles. The first-order chi connectivity index (χ1) is 17.7. The van der Waals surface area contributed by atoms with Crippen LogP contribution in [0.1, 0.15) is 23.0 Å². The van der Waals surface area contributed by atoms with Gasteiger partial charge in [-0.1, -0.05) is 72.8 Å². The van der Waals surface area contributed by atoms with Crippen molar-refractivity contribution in [3.05, 3.63) is 112 Å². The number of nitrogens with zero attached hydrogens (tertiary/aromatic N) is 6. The summed E-state index contributed by atoms with van der Waals surface area (Å²) in [6.45, 7) is 7.18. The van der Waals surface area contributed by atoms with Crippen molar-refractivity contribution in [2.24, 2.45) is 0 Å². The first-order valence-electron chi connectivity index (χ1n) is 12.6. The average molecular weight is 479 g/mol. The van der Waals surface area contributed by atoms with Gasteiger partial charge in [-0.15, -0.1) is 10.2 Å². The molecule has 0 spiro atoms. The molecular weight excluding hydrogens is 448 g/mol. The number of benzene rings is 3. The van der Waals surface area contributed by atoms with E-state index in [0.29, 0.717) is 17.7 Å². The van der Waals surface area contributed by atoms with Gasteiger partial charge in [0.2, 0.25) is 5.78 Å². The summed E-state index contributed by atoms with van der Waals surface area (Å²) in [6.07, 6.45) is 0. The van der Waals surface area contributed by atoms with Crippen molar-refractivity contribution < 1.29 is 0 Å². The predicted octanol–water partition coefficient (Wildman–Crippen LogP) is 3.76. The van der Waals surface area contributed by atoms with E-state index in [-0.39, 0.29) is 11.6 Å². The van der Waals surface area contributed by atoms with Crippen LogP contribution in [0.3, 0.4) is 0 Å². The SMILES string of the molecule is Cc1nnc2n(CCN3CCN(C(c4ccccc4)c4ccccc4)CC3)c(=O)c3ccccc3n12. The monoisotopic (exact) mass is 478 g/mol. The number of fused-ring (bicyclic) bond motifs is 3. The van der Waals surface area contributed by atoms with E-state index in [1.54, 1.807) is 4.57 Å². The molecule has 0 bridgehead atoms. The molecule has 36 heavy (non-hydrogen) atoms. The van der Waals surface area contributed by atoms with Gasteiger partial charge in [-0.25, -0.2) is 0 Å². The maximum atomic E-state index is 13.3. The normalized spacial score (nSPS) is 15.3. The fourth-order valence-electron chi connectivity index (χ4n) is 5.47. The molecular formula is C29H30N6O. The molecule has 7 nitrogen and oxygen atoms in total. The van der Waals surface area contributed by atoms with Crippen LogP contribution in [0, 0.1) is 6.92 Å². The van der Waals surface area contributed by atoms with E-state index in [1.807, 2.05) is 35.6 Å². The zero-order valence-corrected chi connectivity index (χ0v) is 20.5. The highest BCUT2D eigenvalue weighted by Gasteiger charge is 2.26. The molecule has 3 aromatic carbocycles. The summed E-state index contributed by atoms with van der Waals surface area (Å²) in [6, 6.07) is 29.5. The van der Waals surface area contributed by atoms with Gasteiger partial charge in [0.05, 0.1) is 16.9 Å². The summed E-state index contributed by atoms with van der Waals surface area (Å²) in [4.78, 5) is 18.4. The Balaban J connectivity index is 1.20. The van der Waals surface area contributed by atoms with Crippen LogP contribution in [0.15, 0.2) is 89.7 Å². The predicted molar refractivity (Wildman–Crippen MR) is 142 cm³/mol. The Hall–Kier alpha value is -3.81. The van der Waals surface area contributed by atoms with Crippen LogP contribution < -0.4 is 5.56 Å². The lowest BCUT2D eigenvalue weighted by molar-refractivity contribution is 0.107. The Morgan fingerprint density at radius 3 is 2.03 bits per heavy atom. The summed E-state index contributed by atoms with van der Waals surface area (Å²) in [5, 5.41) is 9.31. The molecule has 182 valence electrons. The number of aromatic nitrogens is 4. The summed E-state index contributed by atoms with van der Waals surface area (Å²) in [5.74, 6) is 1.40. The third-order valence-corrected chi connectivity index (χ3v) is 7.31. The van der Waals surface area contributed by atoms with Gasteiger partial charge in [-0.05, 0) is 30.2 Å². The van der Waals surface area contributed by atoms with Crippen LogP contribution in [-0.4, -0.2) is 61.7 Å². The molecule has 0 saturated carbocycles. The van der Waals surface area contributed by atoms with E-state index < -0.39 is 0 Å². The topological polar surface area (TPSA) is 58.7 Å². The minimum atomic E-state index is -0.00245. The minimum absolute atomic E-state index is 0.00245. The lowest BCUT2D eigenvalue weighted by Crippen LogP contribution is -2.48. The highest BCUT2D eigenvalue weighted by Crippen LogP contribution is 2.29. The summed E-state index contributed by atoms with van der Waals surface area (Å²) in [5.41, 5.74) is 3.50. The van der Waals surface area contributed by atoms with Crippen molar-refractivity contribution in [2.45, 2.75) is 19.5 Å². The summed E-state index contributed by atoms with van der Waals surface area (Å²) in [7, 11) is 0. The lowest BCUT2D eigenvalue weighted by Gasteiger charge is -2.39. The van der Waals surface area contributed by atoms with E-state index in [4.69, 9.17) is 0 Å². The highest BCUT2D eigenvalue weighted by molar-refractivity contribution is 5.80. The van der Waals surface area contributed by atoms with Gasteiger partial charge in [0, 0.05) is 39.3 Å². The Morgan fingerprint density at radius 2 is 1.36 bits per heavy atom. The van der Waals surface area contributed by atoms with Gasteiger partial charge in [-0.3, -0.25) is 23.6 Å². The van der Waals surface area contributed by atoms with Crippen molar-refractivity contribution in [1.29, 1.82) is 0 Å². The number of para-hydroxylation sites is 1. The number of piperazine rings is 1. The van der Waals surface area contributed by atoms with Gasteiger partial charge in [0.25, 0.3) is 5.56 Å². The van der Waals surface area contributed by atoms with E-state index in [2.05, 4.69) is 80.7 Å². The molecule has 7 heteroatoms. The Labute approximate surface area is 210 Å². The van der Waals surface area contributed by atoms with Gasteiger partial charge < -0.3 is 0 Å². The van der Waals surface area contributed by atoms with Crippen LogP contribution in [0.4, 0.5) is 0 Å². The first-order valence-corrected chi connectivity index (χ1v) is 12.6. The van der Waals surface area contributed by atoms with Gasteiger partial charge in [-0.2, -0.15) is 0 Å². The Morgan fingerprint density at radius 1 is 0.750 bits per heavy atom. The quantitative estimate of drug-likeness (QED) is 0.372. The van der Waals surface area contributed by atoms with Crippen LogP contribution in [-0.2, 0) is 6.54 Å². The molecule has 2 aromatic heterocycles. The molecule has 6 rings (SSSR count). The second-order valence-electron chi connectivity index (χ2n) is 9.46. The molecule has 0 amide bonds. The second kappa shape index (κ2) is 9.68. The van der Waals surface area contributed by atoms with E-state index >= 15 is 0 Å². The van der Waals surface area contributed by atoms with E-state index in [1.165, 1.54) is 11.1 Å². The fourth-order valence-corrected chi connectivity index (χ4v) is 5.47. The maximum Gasteiger partial charge on any atom is 0.262 e. The zero-order chi connectivity index (χ0) is 24.5. The molecule has 1 fully saturated rings. The third kappa shape index (κ3) is 4.10. The van der Waals surface area contributed by atoms with Crippen molar-refractivity contribution in [3.63, 3.8) is 0 Å². The van der Waals surface area contributed by atoms with Crippen molar-refractivity contribution in [2.75, 3.05) is 32.7 Å². The van der Waals surface area contributed by atoms with Crippen LogP contribution in [0.2, 0.25) is 0 Å². The van der Waals surface area contributed by atoms with Crippen molar-refractivity contribution in [1.82, 2.24) is 29.0 Å². The number of hydrogen-bond acceptors (Lipinski definition) is 5. The smallest absolute Gasteiger partial charge is 0.262 e. The Bertz CT molecular complexity index is 1500. The van der Waals surface area contributed by atoms with Crippen LogP contribution in [0.25, 0.3) is 16.7 Å². The summed E-state index contributed by atoms with van der Waals surface area (Å²) < 4.78 is 3.77. The van der Waals surface area contributed by atoms with Crippen LogP contribution in [0.5, 0.6) is 0 Å². The molecule has 0 atom stereocenters. The van der Waals surface area contributed by atoms with Gasteiger partial charge >= 0.3 is 0 Å². The van der Waals surface area contributed by atoms with Gasteiger partial charge in [0.15, 0.2) is 0 Å². The number of hydrogen-bond donors (Lipinski definition) is 0. The van der Waals surface area contributed by atoms with E-state index in [0.717, 1.165) is 44.1 Å². The van der Waals surface area contributed by atoms with Crippen molar-refractivity contribution in [3.8, 4) is 0 Å². The van der Waals surface area contributed by atoms with E-state index in [9.17, 15) is 4.79 Å². The molecule has 0 unspecified atom stereocenters. The fraction of sp³-hybridized carbons (Fsp3) is 0.276. The summed E-state index contributed by atoms with van der Waals surface area (Å²) >= 11 is 0. The lowest BCUT2D eigenvalue weighted by atomic mass is 9.96. The van der Waals surface area contributed by atoms with Gasteiger partial charge in [0.1, 0.15) is 5.82 Å². The number of rotatable bonds is 6. The maximum absolute atomic E-state index is 13.3. The number of aryl methyl sites for hydroxylation is 1. The molecule has 1 saturated heterocycles. The molecule has 0 N–H and O–H groups in total. The average Bonchev–Trinajstić information content (AvgIpc) is 3.32. The molecule has 3 heterocycles. The second-order valence-corrected chi connectivity index (χ2v) is 9.46. The Kier molecular flexibility index (Phi) is 6.09. The molecule has 5 aromatic rings. The third-order valence-electron chi connectivity index (χ3n) is 7.31. The van der Waals surface area contributed by atoms with Crippen LogP contribution >= 0.6 is 0 Å². The first kappa shape index (κ1) is 22.6. The standard InChI is InChI=1S/C29H30N6O/c1-22-30-31-29-34(28(36)25-14-8-9-15-26(25)35(22)29)21-18-32-16-19-33(20-17-32)27(23-10-4-2-5-11-23)24-12-6-3-7-13-24/h2-15,27H,16-21H2,1H3. The largest absolute Gasteiger partial charge is 0.299 e. The molecule has 0 radical (unpaired) electrons.